The minimum absolute atomic E-state index is 0.184. The number of nitrogens with zero attached hydrogens (tertiary/aromatic N) is 3. The second-order valence-electron chi connectivity index (χ2n) is 6.70. The molecule has 1 saturated carbocycles. The van der Waals surface area contributed by atoms with Crippen LogP contribution in [0, 0.1) is 11.8 Å². The van der Waals surface area contributed by atoms with Crippen LogP contribution in [0.4, 0.5) is 11.8 Å². The van der Waals surface area contributed by atoms with Crippen molar-refractivity contribution in [3.63, 3.8) is 0 Å². The highest BCUT2D eigenvalue weighted by molar-refractivity contribution is 5.91. The van der Waals surface area contributed by atoms with Crippen LogP contribution in [0.3, 0.4) is 0 Å². The van der Waals surface area contributed by atoms with Gasteiger partial charge in [-0.15, -0.1) is 0 Å². The Labute approximate surface area is 140 Å². The normalized spacial score (nSPS) is 23.7. The topological polar surface area (TPSA) is 99.5 Å². The van der Waals surface area contributed by atoms with E-state index in [0.717, 1.165) is 29.9 Å². The Hall–Kier alpha value is -2.28. The molecule has 4 N–H and O–H groups in total. The van der Waals surface area contributed by atoms with Crippen molar-refractivity contribution in [3.05, 3.63) is 12.1 Å². The maximum Gasteiger partial charge on any atom is 0.227 e. The van der Waals surface area contributed by atoms with Crippen LogP contribution >= 0.6 is 0 Å². The van der Waals surface area contributed by atoms with Crippen LogP contribution in [-0.4, -0.2) is 43.3 Å². The molecular formula is C17H23N5O2. The summed E-state index contributed by atoms with van der Waals surface area (Å²) >= 11 is 0. The number of nitrogen functional groups attached to an aromatic ring is 1. The van der Waals surface area contributed by atoms with Gasteiger partial charge >= 0.3 is 0 Å². The Morgan fingerprint density at radius 2 is 1.79 bits per heavy atom. The van der Waals surface area contributed by atoms with Gasteiger partial charge in [0.25, 0.3) is 0 Å². The van der Waals surface area contributed by atoms with E-state index >= 15 is 0 Å². The summed E-state index contributed by atoms with van der Waals surface area (Å²) < 4.78 is 10.7. The molecule has 0 bridgehead atoms. The molecule has 1 aliphatic carbocycles. The smallest absolute Gasteiger partial charge is 0.227 e. The predicted molar refractivity (Wildman–Crippen MR) is 93.5 cm³/mol. The van der Waals surface area contributed by atoms with Gasteiger partial charge in [0.15, 0.2) is 11.5 Å². The molecule has 0 unspecified atom stereocenters. The van der Waals surface area contributed by atoms with E-state index in [1.54, 1.807) is 14.2 Å². The van der Waals surface area contributed by atoms with E-state index in [0.29, 0.717) is 29.2 Å². The Bertz CT molecular complexity index is 777. The molecule has 0 spiro atoms. The van der Waals surface area contributed by atoms with Crippen LogP contribution < -0.4 is 25.8 Å². The van der Waals surface area contributed by atoms with E-state index in [2.05, 4.69) is 9.88 Å². The van der Waals surface area contributed by atoms with Crippen LogP contribution in [0.15, 0.2) is 12.1 Å². The van der Waals surface area contributed by atoms with Gasteiger partial charge < -0.3 is 25.8 Å². The number of hydrogen-bond acceptors (Lipinski definition) is 7. The van der Waals surface area contributed by atoms with Crippen molar-refractivity contribution in [1.29, 1.82) is 0 Å². The second-order valence-corrected chi connectivity index (χ2v) is 6.70. The maximum absolute atomic E-state index is 6.32. The third kappa shape index (κ3) is 2.49. The number of ether oxygens (including phenoxy) is 2. The van der Waals surface area contributed by atoms with Crippen molar-refractivity contribution in [2.24, 2.45) is 17.6 Å². The first-order chi connectivity index (χ1) is 11.6. The molecule has 7 heteroatoms. The zero-order valence-electron chi connectivity index (χ0n) is 14.0. The van der Waals surface area contributed by atoms with Crippen molar-refractivity contribution in [2.75, 3.05) is 37.9 Å². The average molecular weight is 329 g/mol. The van der Waals surface area contributed by atoms with Crippen LogP contribution in [0.25, 0.3) is 10.9 Å². The highest BCUT2D eigenvalue weighted by atomic mass is 16.5. The Kier molecular flexibility index (Phi) is 3.60. The summed E-state index contributed by atoms with van der Waals surface area (Å²) in [5, 5.41) is 0.763. The summed E-state index contributed by atoms with van der Waals surface area (Å²) in [7, 11) is 3.20. The lowest BCUT2D eigenvalue weighted by Crippen LogP contribution is -2.30. The molecular weight excluding hydrogens is 306 g/mol. The highest BCUT2D eigenvalue weighted by Gasteiger charge is 2.41. The molecule has 128 valence electrons. The van der Waals surface area contributed by atoms with E-state index in [-0.39, 0.29) is 6.04 Å². The van der Waals surface area contributed by atoms with Crippen molar-refractivity contribution in [2.45, 2.75) is 18.9 Å². The predicted octanol–water partition coefficient (Wildman–Crippen LogP) is 1.40. The lowest BCUT2D eigenvalue weighted by atomic mass is 9.99. The van der Waals surface area contributed by atoms with Gasteiger partial charge in [-0.25, -0.2) is 4.98 Å². The van der Waals surface area contributed by atoms with Crippen LogP contribution in [-0.2, 0) is 0 Å². The molecule has 2 heterocycles. The zero-order chi connectivity index (χ0) is 16.8. The van der Waals surface area contributed by atoms with Crippen LogP contribution in [0.5, 0.6) is 11.5 Å². The Balaban J connectivity index is 1.72. The molecule has 2 aromatic rings. The molecule has 0 radical (unpaired) electrons. The largest absolute Gasteiger partial charge is 0.493 e. The molecule has 1 aromatic heterocycles. The first kappa shape index (κ1) is 15.3. The standard InChI is InChI=1S/C17H23N5O2/c1-23-14-5-10-13(6-15(14)24-2)20-17(21-16(10)19)22-7-11(9-3-4-9)12(18)8-22/h5-6,9,11-12H,3-4,7-8,18H2,1-2H3,(H2,19,20,21)/t11-,12+/m0/s1. The molecule has 2 aliphatic rings. The number of nitrogens with two attached hydrogens (primary N) is 2. The van der Waals surface area contributed by atoms with Crippen molar-refractivity contribution < 1.29 is 9.47 Å². The van der Waals surface area contributed by atoms with Gasteiger partial charge in [-0.2, -0.15) is 4.98 Å². The average Bonchev–Trinajstić information content (AvgIpc) is 3.35. The first-order valence-electron chi connectivity index (χ1n) is 8.30. The zero-order valence-corrected chi connectivity index (χ0v) is 14.0. The lowest BCUT2D eigenvalue weighted by molar-refractivity contribution is 0.356. The number of hydrogen-bond donors (Lipinski definition) is 2. The minimum Gasteiger partial charge on any atom is -0.493 e. The maximum atomic E-state index is 6.32. The summed E-state index contributed by atoms with van der Waals surface area (Å²) in [5.74, 6) is 3.64. The third-order valence-electron chi connectivity index (χ3n) is 5.14. The highest BCUT2D eigenvalue weighted by Crippen LogP contribution is 2.42. The number of aromatic nitrogens is 2. The van der Waals surface area contributed by atoms with E-state index in [1.807, 2.05) is 12.1 Å². The molecule has 1 aliphatic heterocycles. The van der Waals surface area contributed by atoms with Crippen LogP contribution in [0.1, 0.15) is 12.8 Å². The second kappa shape index (κ2) is 5.66. The van der Waals surface area contributed by atoms with Gasteiger partial charge in [-0.3, -0.25) is 0 Å². The minimum atomic E-state index is 0.184. The Morgan fingerprint density at radius 3 is 2.46 bits per heavy atom. The van der Waals surface area contributed by atoms with Crippen LogP contribution in [0.2, 0.25) is 0 Å². The van der Waals surface area contributed by atoms with Gasteiger partial charge in [-0.05, 0) is 30.7 Å². The molecule has 7 nitrogen and oxygen atoms in total. The number of fused-ring (bicyclic) bond motifs is 1. The quantitative estimate of drug-likeness (QED) is 0.874. The van der Waals surface area contributed by atoms with E-state index in [9.17, 15) is 0 Å². The van der Waals surface area contributed by atoms with E-state index in [4.69, 9.17) is 25.9 Å². The van der Waals surface area contributed by atoms with Gasteiger partial charge in [-0.1, -0.05) is 0 Å². The molecule has 24 heavy (non-hydrogen) atoms. The Morgan fingerprint density at radius 1 is 1.08 bits per heavy atom. The monoisotopic (exact) mass is 329 g/mol. The van der Waals surface area contributed by atoms with Gasteiger partial charge in [0.2, 0.25) is 5.95 Å². The van der Waals surface area contributed by atoms with Crippen molar-refractivity contribution in [3.8, 4) is 11.5 Å². The fourth-order valence-corrected chi connectivity index (χ4v) is 3.65. The fourth-order valence-electron chi connectivity index (χ4n) is 3.65. The molecule has 4 rings (SSSR count). The SMILES string of the molecule is COc1cc2nc(N3C[C@@H](N)[C@H](C4CC4)C3)nc(N)c2cc1OC. The van der Waals surface area contributed by atoms with Gasteiger partial charge in [0.05, 0.1) is 19.7 Å². The first-order valence-corrected chi connectivity index (χ1v) is 8.30. The summed E-state index contributed by atoms with van der Waals surface area (Å²) in [6.07, 6.45) is 2.59. The van der Waals surface area contributed by atoms with Crippen molar-refractivity contribution in [1.82, 2.24) is 9.97 Å². The van der Waals surface area contributed by atoms with E-state index in [1.165, 1.54) is 12.8 Å². The number of benzene rings is 1. The third-order valence-corrected chi connectivity index (χ3v) is 5.14. The van der Waals surface area contributed by atoms with E-state index < -0.39 is 0 Å². The van der Waals surface area contributed by atoms with Crippen molar-refractivity contribution >= 4 is 22.7 Å². The number of anilines is 2. The number of methoxy groups -OCH3 is 2. The molecule has 1 aromatic carbocycles. The summed E-state index contributed by atoms with van der Waals surface area (Å²) in [6.45, 7) is 1.68. The lowest BCUT2D eigenvalue weighted by Gasteiger charge is -2.18. The molecule has 2 atom stereocenters. The van der Waals surface area contributed by atoms with Gasteiger partial charge in [0.1, 0.15) is 5.82 Å². The summed E-state index contributed by atoms with van der Waals surface area (Å²) in [4.78, 5) is 11.4. The van der Waals surface area contributed by atoms with Gasteiger partial charge in [0, 0.05) is 30.6 Å². The molecule has 0 amide bonds. The molecule has 1 saturated heterocycles. The fraction of sp³-hybridized carbons (Fsp3) is 0.529. The molecule has 2 fully saturated rings. The number of rotatable bonds is 4. The summed E-state index contributed by atoms with van der Waals surface area (Å²) in [6, 6.07) is 3.84. The summed E-state index contributed by atoms with van der Waals surface area (Å²) in [5.41, 5.74) is 13.2.